The molecule has 3 rings (SSSR count). The highest BCUT2D eigenvalue weighted by atomic mass is 15.3. The van der Waals surface area contributed by atoms with Crippen LogP contribution in [0.25, 0.3) is 5.95 Å². The van der Waals surface area contributed by atoms with Crippen LogP contribution in [0.2, 0.25) is 0 Å². The highest BCUT2D eigenvalue weighted by Crippen LogP contribution is 2.28. The topological polar surface area (TPSA) is 80.5 Å². The smallest absolute Gasteiger partial charge is 0.241 e. The normalized spacial score (nSPS) is 16.9. The quantitative estimate of drug-likeness (QED) is 0.876. The van der Waals surface area contributed by atoms with Gasteiger partial charge in [-0.25, -0.2) is 4.98 Å². The summed E-state index contributed by atoms with van der Waals surface area (Å²) < 4.78 is 1.77. The molecule has 2 aromatic rings. The molecule has 0 bridgehead atoms. The first-order chi connectivity index (χ1) is 10.3. The molecule has 0 spiro atoms. The van der Waals surface area contributed by atoms with Crippen molar-refractivity contribution >= 4 is 11.9 Å². The number of rotatable bonds is 5. The molecule has 7 heteroatoms. The van der Waals surface area contributed by atoms with E-state index in [1.807, 2.05) is 6.20 Å². The largest absolute Gasteiger partial charge is 0.357 e. The van der Waals surface area contributed by atoms with E-state index in [-0.39, 0.29) is 0 Å². The summed E-state index contributed by atoms with van der Waals surface area (Å²) in [5.74, 6) is 2.43. The molecular formula is C14H21N7. The van der Waals surface area contributed by atoms with Gasteiger partial charge in [-0.05, 0) is 25.7 Å². The first kappa shape index (κ1) is 13.8. The molecule has 2 aromatic heterocycles. The van der Waals surface area contributed by atoms with Gasteiger partial charge in [0.15, 0.2) is 0 Å². The lowest BCUT2D eigenvalue weighted by Gasteiger charge is -2.20. The van der Waals surface area contributed by atoms with Crippen LogP contribution >= 0.6 is 0 Å². The Bertz CT molecular complexity index is 575. The summed E-state index contributed by atoms with van der Waals surface area (Å²) in [5, 5.41) is 6.40. The van der Waals surface area contributed by atoms with Crippen molar-refractivity contribution in [3.63, 3.8) is 0 Å². The maximum absolute atomic E-state index is 4.48. The molecule has 1 aliphatic rings. The van der Waals surface area contributed by atoms with E-state index in [1.165, 1.54) is 25.7 Å². The van der Waals surface area contributed by atoms with Gasteiger partial charge in [0.2, 0.25) is 17.8 Å². The van der Waals surface area contributed by atoms with Crippen molar-refractivity contribution < 1.29 is 0 Å². The molecule has 2 N–H and O–H groups in total. The van der Waals surface area contributed by atoms with Crippen molar-refractivity contribution in [1.82, 2.24) is 24.5 Å². The molecule has 0 saturated heterocycles. The zero-order valence-corrected chi connectivity index (χ0v) is 12.5. The summed E-state index contributed by atoms with van der Waals surface area (Å²) in [5.41, 5.74) is 0. The fourth-order valence-corrected chi connectivity index (χ4v) is 2.81. The summed E-state index contributed by atoms with van der Waals surface area (Å²) in [4.78, 5) is 17.3. The number of nitrogens with zero attached hydrogens (tertiary/aromatic N) is 5. The SMILES string of the molecule is CNc1nc(NC(C)C2CCCC2)nc(-n2ccnc2)n1. The number of aromatic nitrogens is 5. The Morgan fingerprint density at radius 2 is 1.95 bits per heavy atom. The lowest BCUT2D eigenvalue weighted by Crippen LogP contribution is -2.25. The second-order valence-electron chi connectivity index (χ2n) is 5.48. The Morgan fingerprint density at radius 3 is 2.62 bits per heavy atom. The maximum atomic E-state index is 4.48. The first-order valence-corrected chi connectivity index (χ1v) is 7.45. The molecule has 0 amide bonds. The predicted molar refractivity (Wildman–Crippen MR) is 81.5 cm³/mol. The lowest BCUT2D eigenvalue weighted by molar-refractivity contribution is 0.479. The summed E-state index contributed by atoms with van der Waals surface area (Å²) in [6, 6.07) is 0.371. The Labute approximate surface area is 124 Å². The van der Waals surface area contributed by atoms with Crippen LogP contribution in [0.5, 0.6) is 0 Å². The summed E-state index contributed by atoms with van der Waals surface area (Å²) >= 11 is 0. The van der Waals surface area contributed by atoms with Crippen molar-refractivity contribution in [3.8, 4) is 5.95 Å². The van der Waals surface area contributed by atoms with E-state index in [0.29, 0.717) is 29.8 Å². The summed E-state index contributed by atoms with van der Waals surface area (Å²) in [6.07, 6.45) is 10.4. The van der Waals surface area contributed by atoms with Crippen LogP contribution in [0.1, 0.15) is 32.6 Å². The van der Waals surface area contributed by atoms with E-state index >= 15 is 0 Å². The average Bonchev–Trinajstić information content (AvgIpc) is 3.19. The standard InChI is InChI=1S/C14H21N7/c1-10(11-5-3-4-6-11)17-13-18-12(15-2)19-14(20-13)21-8-7-16-9-21/h7-11H,3-6H2,1-2H3,(H2,15,17,18,19,20). The van der Waals surface area contributed by atoms with Gasteiger partial charge in [0.05, 0.1) is 0 Å². The number of hydrogen-bond acceptors (Lipinski definition) is 6. The zero-order chi connectivity index (χ0) is 14.7. The van der Waals surface area contributed by atoms with Crippen LogP contribution in [0, 0.1) is 5.92 Å². The van der Waals surface area contributed by atoms with Gasteiger partial charge in [0.1, 0.15) is 6.33 Å². The van der Waals surface area contributed by atoms with Crippen molar-refractivity contribution in [3.05, 3.63) is 18.7 Å². The third kappa shape index (κ3) is 3.12. The lowest BCUT2D eigenvalue weighted by atomic mass is 10.0. The van der Waals surface area contributed by atoms with Gasteiger partial charge in [-0.2, -0.15) is 15.0 Å². The minimum absolute atomic E-state index is 0.371. The molecule has 21 heavy (non-hydrogen) atoms. The van der Waals surface area contributed by atoms with E-state index in [9.17, 15) is 0 Å². The van der Waals surface area contributed by atoms with Gasteiger partial charge in [-0.1, -0.05) is 12.8 Å². The molecule has 2 heterocycles. The summed E-state index contributed by atoms with van der Waals surface area (Å²) in [7, 11) is 1.80. The van der Waals surface area contributed by atoms with Crippen LogP contribution in [-0.4, -0.2) is 37.6 Å². The Kier molecular flexibility index (Phi) is 3.98. The predicted octanol–water partition coefficient (Wildman–Crippen LogP) is 2.09. The van der Waals surface area contributed by atoms with Crippen molar-refractivity contribution in [2.75, 3.05) is 17.7 Å². The molecule has 0 aromatic carbocycles. The molecular weight excluding hydrogens is 266 g/mol. The van der Waals surface area contributed by atoms with Gasteiger partial charge in [-0.15, -0.1) is 0 Å². The molecule has 112 valence electrons. The van der Waals surface area contributed by atoms with E-state index in [0.717, 1.165) is 0 Å². The molecule has 0 aliphatic heterocycles. The van der Waals surface area contributed by atoms with Crippen molar-refractivity contribution in [2.45, 2.75) is 38.6 Å². The average molecular weight is 287 g/mol. The maximum Gasteiger partial charge on any atom is 0.241 e. The zero-order valence-electron chi connectivity index (χ0n) is 12.5. The van der Waals surface area contributed by atoms with E-state index in [2.05, 4.69) is 37.5 Å². The highest BCUT2D eigenvalue weighted by Gasteiger charge is 2.22. The van der Waals surface area contributed by atoms with Gasteiger partial charge in [0, 0.05) is 25.5 Å². The van der Waals surface area contributed by atoms with E-state index < -0.39 is 0 Å². The Hall–Kier alpha value is -2.18. The molecule has 1 saturated carbocycles. The minimum Gasteiger partial charge on any atom is -0.357 e. The number of imidazole rings is 1. The van der Waals surface area contributed by atoms with Crippen molar-refractivity contribution in [1.29, 1.82) is 0 Å². The van der Waals surface area contributed by atoms with Gasteiger partial charge >= 0.3 is 0 Å². The van der Waals surface area contributed by atoms with Gasteiger partial charge < -0.3 is 10.6 Å². The highest BCUT2D eigenvalue weighted by molar-refractivity contribution is 5.38. The number of hydrogen-bond donors (Lipinski definition) is 2. The fraction of sp³-hybridized carbons (Fsp3) is 0.571. The van der Waals surface area contributed by atoms with Crippen LogP contribution < -0.4 is 10.6 Å². The molecule has 0 radical (unpaired) electrons. The van der Waals surface area contributed by atoms with E-state index in [1.54, 1.807) is 24.1 Å². The number of nitrogens with one attached hydrogen (secondary N) is 2. The number of anilines is 2. The third-order valence-electron chi connectivity index (χ3n) is 4.05. The molecule has 7 nitrogen and oxygen atoms in total. The Morgan fingerprint density at radius 1 is 1.19 bits per heavy atom. The monoisotopic (exact) mass is 287 g/mol. The summed E-state index contributed by atoms with van der Waals surface area (Å²) in [6.45, 7) is 2.20. The second-order valence-corrected chi connectivity index (χ2v) is 5.48. The first-order valence-electron chi connectivity index (χ1n) is 7.45. The fourth-order valence-electron chi connectivity index (χ4n) is 2.81. The molecule has 1 unspecified atom stereocenters. The van der Waals surface area contributed by atoms with Gasteiger partial charge in [-0.3, -0.25) is 4.57 Å². The minimum atomic E-state index is 0.371. The Balaban J connectivity index is 1.82. The second kappa shape index (κ2) is 6.07. The van der Waals surface area contributed by atoms with Crippen LogP contribution in [0.3, 0.4) is 0 Å². The van der Waals surface area contributed by atoms with Crippen LogP contribution in [0.15, 0.2) is 18.7 Å². The van der Waals surface area contributed by atoms with Crippen LogP contribution in [-0.2, 0) is 0 Å². The molecule has 1 aliphatic carbocycles. The van der Waals surface area contributed by atoms with Gasteiger partial charge in [0.25, 0.3) is 0 Å². The third-order valence-corrected chi connectivity index (χ3v) is 4.05. The van der Waals surface area contributed by atoms with Crippen molar-refractivity contribution in [2.24, 2.45) is 5.92 Å². The molecule has 1 atom stereocenters. The van der Waals surface area contributed by atoms with Crippen LogP contribution in [0.4, 0.5) is 11.9 Å². The molecule has 1 fully saturated rings. The van der Waals surface area contributed by atoms with E-state index in [4.69, 9.17) is 0 Å².